The van der Waals surface area contributed by atoms with Crippen molar-refractivity contribution in [1.29, 1.82) is 0 Å². The van der Waals surface area contributed by atoms with E-state index in [1.807, 2.05) is 0 Å². The third-order valence-electron chi connectivity index (χ3n) is 8.95. The molecule has 0 aliphatic heterocycles. The first-order chi connectivity index (χ1) is 20.7. The molecule has 0 atom stereocenters. The van der Waals surface area contributed by atoms with E-state index >= 15 is 0 Å². The highest BCUT2D eigenvalue weighted by molar-refractivity contribution is 6.28. The highest BCUT2D eigenvalue weighted by Gasteiger charge is 2.21. The first-order valence-corrected chi connectivity index (χ1v) is 14.7. The molecular weight excluding hydrogens is 504 g/mol. The van der Waals surface area contributed by atoms with Crippen molar-refractivity contribution in [2.75, 3.05) is 0 Å². The molecule has 0 aliphatic rings. The van der Waals surface area contributed by atoms with Crippen molar-refractivity contribution in [3.05, 3.63) is 157 Å². The normalized spacial score (nSPS) is 11.6. The highest BCUT2D eigenvalue weighted by Crippen LogP contribution is 2.48. The van der Waals surface area contributed by atoms with Crippen LogP contribution in [0.5, 0.6) is 0 Å². The van der Waals surface area contributed by atoms with Crippen molar-refractivity contribution in [2.24, 2.45) is 0 Å². The molecule has 0 unspecified atom stereocenters. The van der Waals surface area contributed by atoms with E-state index in [-0.39, 0.29) is 0 Å². The van der Waals surface area contributed by atoms with Crippen LogP contribution in [0, 0.1) is 13.8 Å². The van der Waals surface area contributed by atoms with Crippen LogP contribution in [0.4, 0.5) is 0 Å². The Morgan fingerprint density at radius 1 is 0.333 bits per heavy atom. The lowest BCUT2D eigenvalue weighted by atomic mass is 9.81. The topological polar surface area (TPSA) is 0 Å². The second kappa shape index (κ2) is 9.72. The zero-order valence-electron chi connectivity index (χ0n) is 23.9. The van der Waals surface area contributed by atoms with Crippen LogP contribution >= 0.6 is 0 Å². The van der Waals surface area contributed by atoms with Crippen molar-refractivity contribution in [1.82, 2.24) is 0 Å². The molecule has 0 aromatic heterocycles. The molecule has 0 heterocycles. The predicted molar refractivity (Wildman–Crippen MR) is 182 cm³/mol. The fourth-order valence-corrected chi connectivity index (χ4v) is 6.74. The Balaban J connectivity index is 1.61. The molecule has 0 nitrogen and oxygen atoms in total. The number of benzene rings is 8. The van der Waals surface area contributed by atoms with Crippen LogP contribution in [-0.4, -0.2) is 0 Å². The highest BCUT2D eigenvalue weighted by atomic mass is 14.2. The van der Waals surface area contributed by atoms with Crippen LogP contribution in [0.25, 0.3) is 76.5 Å². The Labute approximate surface area is 246 Å². The summed E-state index contributed by atoms with van der Waals surface area (Å²) in [6, 6.07) is 53.8. The summed E-state index contributed by atoms with van der Waals surface area (Å²) in [5.41, 5.74) is 10.3. The van der Waals surface area contributed by atoms with Crippen LogP contribution in [-0.2, 0) is 0 Å². The summed E-state index contributed by atoms with van der Waals surface area (Å²) < 4.78 is 0. The number of fused-ring (bicyclic) bond motifs is 5. The SMILES string of the molecule is Cc1ccc(-c2c3ccccc3c(-c3cc4ccccc4cc3-c3ccccc3)c3ccc4ccccc4c23)cc1C. The van der Waals surface area contributed by atoms with Gasteiger partial charge in [-0.1, -0.05) is 133 Å². The molecule has 0 bridgehead atoms. The maximum atomic E-state index is 2.41. The Bertz CT molecular complexity index is 2300. The summed E-state index contributed by atoms with van der Waals surface area (Å²) in [6.07, 6.45) is 0. The van der Waals surface area contributed by atoms with Crippen LogP contribution in [0.1, 0.15) is 11.1 Å². The van der Waals surface area contributed by atoms with Gasteiger partial charge in [0, 0.05) is 0 Å². The second-order valence-electron chi connectivity index (χ2n) is 11.4. The largest absolute Gasteiger partial charge is 0.0622 e. The molecule has 0 aliphatic carbocycles. The zero-order chi connectivity index (χ0) is 28.2. The van der Waals surface area contributed by atoms with Gasteiger partial charge < -0.3 is 0 Å². The monoisotopic (exact) mass is 534 g/mol. The standard InChI is InChI=1S/C42H30/c1-27-20-21-33(24-28(27)2)40-35-18-10-11-19-36(35)41(37-23-22-30-14-8-9-17-34(30)42(37)40)39-26-32-16-7-6-15-31(32)25-38(39)29-12-4-3-5-13-29/h3-26H,1-2H3. The van der Waals surface area contributed by atoms with E-state index in [1.54, 1.807) is 0 Å². The lowest BCUT2D eigenvalue weighted by molar-refractivity contribution is 1.34. The average Bonchev–Trinajstić information content (AvgIpc) is 3.04. The third kappa shape index (κ3) is 3.84. The molecule has 0 fully saturated rings. The van der Waals surface area contributed by atoms with E-state index in [1.165, 1.54) is 87.6 Å². The fraction of sp³-hybridized carbons (Fsp3) is 0.0476. The summed E-state index contributed by atoms with van der Waals surface area (Å²) in [5.74, 6) is 0. The fourth-order valence-electron chi connectivity index (χ4n) is 6.74. The minimum atomic E-state index is 1.23. The van der Waals surface area contributed by atoms with Gasteiger partial charge in [-0.05, 0) is 114 Å². The summed E-state index contributed by atoms with van der Waals surface area (Å²) in [5, 5.41) is 10.2. The Kier molecular flexibility index (Phi) is 5.69. The van der Waals surface area contributed by atoms with Gasteiger partial charge in [-0.3, -0.25) is 0 Å². The van der Waals surface area contributed by atoms with Gasteiger partial charge in [-0.25, -0.2) is 0 Å². The minimum absolute atomic E-state index is 1.23. The Hall–Kier alpha value is -5.20. The van der Waals surface area contributed by atoms with Crippen molar-refractivity contribution >= 4 is 43.1 Å². The summed E-state index contributed by atoms with van der Waals surface area (Å²) in [6.45, 7) is 4.41. The molecule has 0 saturated carbocycles. The van der Waals surface area contributed by atoms with Gasteiger partial charge in [0.2, 0.25) is 0 Å². The van der Waals surface area contributed by atoms with E-state index in [9.17, 15) is 0 Å². The van der Waals surface area contributed by atoms with Crippen LogP contribution in [0.2, 0.25) is 0 Å². The minimum Gasteiger partial charge on any atom is -0.0622 e. The predicted octanol–water partition coefficient (Wildman–Crippen LogP) is 11.9. The second-order valence-corrected chi connectivity index (χ2v) is 11.4. The van der Waals surface area contributed by atoms with Gasteiger partial charge in [0.1, 0.15) is 0 Å². The van der Waals surface area contributed by atoms with Gasteiger partial charge in [-0.15, -0.1) is 0 Å². The number of hydrogen-bond donors (Lipinski definition) is 0. The molecule has 0 saturated heterocycles. The van der Waals surface area contributed by atoms with Gasteiger partial charge in [0.25, 0.3) is 0 Å². The van der Waals surface area contributed by atoms with Crippen molar-refractivity contribution in [2.45, 2.75) is 13.8 Å². The molecule has 0 N–H and O–H groups in total. The molecular formula is C42H30. The maximum absolute atomic E-state index is 2.41. The van der Waals surface area contributed by atoms with Crippen molar-refractivity contribution < 1.29 is 0 Å². The summed E-state index contributed by atoms with van der Waals surface area (Å²) in [4.78, 5) is 0. The molecule has 0 heteroatoms. The lowest BCUT2D eigenvalue weighted by Crippen LogP contribution is -1.94. The molecule has 8 aromatic carbocycles. The first-order valence-electron chi connectivity index (χ1n) is 14.7. The van der Waals surface area contributed by atoms with Gasteiger partial charge in [0.15, 0.2) is 0 Å². The molecule has 8 aromatic rings. The molecule has 0 radical (unpaired) electrons. The van der Waals surface area contributed by atoms with Gasteiger partial charge in [0.05, 0.1) is 0 Å². The molecule has 42 heavy (non-hydrogen) atoms. The summed E-state index contributed by atoms with van der Waals surface area (Å²) >= 11 is 0. The van der Waals surface area contributed by atoms with Crippen LogP contribution in [0.3, 0.4) is 0 Å². The van der Waals surface area contributed by atoms with Crippen LogP contribution in [0.15, 0.2) is 146 Å². The third-order valence-corrected chi connectivity index (χ3v) is 8.95. The van der Waals surface area contributed by atoms with Crippen molar-refractivity contribution in [3.63, 3.8) is 0 Å². The van der Waals surface area contributed by atoms with Crippen LogP contribution < -0.4 is 0 Å². The van der Waals surface area contributed by atoms with Gasteiger partial charge in [-0.2, -0.15) is 0 Å². The first kappa shape index (κ1) is 24.6. The number of hydrogen-bond acceptors (Lipinski definition) is 0. The Morgan fingerprint density at radius 3 is 1.64 bits per heavy atom. The molecule has 8 rings (SSSR count). The smallest absolute Gasteiger partial charge is 0.00141 e. The molecule has 198 valence electrons. The number of aryl methyl sites for hydroxylation is 2. The maximum Gasteiger partial charge on any atom is -0.00141 e. The van der Waals surface area contributed by atoms with Gasteiger partial charge >= 0.3 is 0 Å². The van der Waals surface area contributed by atoms with E-state index in [2.05, 4.69) is 159 Å². The molecule has 0 amide bonds. The average molecular weight is 535 g/mol. The molecule has 0 spiro atoms. The lowest BCUT2D eigenvalue weighted by Gasteiger charge is -2.22. The zero-order valence-corrected chi connectivity index (χ0v) is 23.9. The summed E-state index contributed by atoms with van der Waals surface area (Å²) in [7, 11) is 0. The van der Waals surface area contributed by atoms with Crippen molar-refractivity contribution in [3.8, 4) is 33.4 Å². The van der Waals surface area contributed by atoms with E-state index < -0.39 is 0 Å². The van der Waals surface area contributed by atoms with E-state index in [4.69, 9.17) is 0 Å². The Morgan fingerprint density at radius 2 is 0.929 bits per heavy atom. The number of rotatable bonds is 3. The quantitative estimate of drug-likeness (QED) is 0.156. The van der Waals surface area contributed by atoms with E-state index in [0.717, 1.165) is 0 Å². The van der Waals surface area contributed by atoms with E-state index in [0.29, 0.717) is 0 Å².